The first-order valence-electron chi connectivity index (χ1n) is 6.70. The van der Waals surface area contributed by atoms with Gasteiger partial charge in [0, 0.05) is 6.54 Å². The summed E-state index contributed by atoms with van der Waals surface area (Å²) < 4.78 is 0. The van der Waals surface area contributed by atoms with E-state index in [0.717, 1.165) is 16.0 Å². The summed E-state index contributed by atoms with van der Waals surface area (Å²) in [7, 11) is 0. The van der Waals surface area contributed by atoms with Crippen molar-refractivity contribution >= 4 is 17.4 Å². The molecular formula is C16H19NO3. The molecule has 0 radical (unpaired) electrons. The first-order valence-corrected chi connectivity index (χ1v) is 6.70. The van der Waals surface area contributed by atoms with Crippen LogP contribution in [0, 0.1) is 19.8 Å². The molecular weight excluding hydrogens is 254 g/mol. The number of nitrogens with zero attached hydrogens (tertiary/aromatic N) is 1. The molecule has 0 unspecified atom stereocenters. The van der Waals surface area contributed by atoms with Crippen molar-refractivity contribution in [2.24, 2.45) is 5.92 Å². The Labute approximate surface area is 118 Å². The van der Waals surface area contributed by atoms with E-state index >= 15 is 0 Å². The third-order valence-electron chi connectivity index (χ3n) is 3.34. The lowest BCUT2D eigenvalue weighted by Crippen LogP contribution is -2.34. The molecule has 0 bridgehead atoms. The summed E-state index contributed by atoms with van der Waals surface area (Å²) in [6, 6.07) is 5.57. The highest BCUT2D eigenvalue weighted by Crippen LogP contribution is 2.30. The number of hydrogen-bond donors (Lipinski definition) is 1. The number of aliphatic hydroxyl groups excluding tert-OH is 1. The molecule has 0 spiro atoms. The number of carbonyl (C=O) groups is 2. The highest BCUT2D eigenvalue weighted by molar-refractivity contribution is 6.35. The van der Waals surface area contributed by atoms with Crippen LogP contribution in [0.25, 0.3) is 5.57 Å². The maximum absolute atomic E-state index is 12.4. The van der Waals surface area contributed by atoms with Crippen LogP contribution < -0.4 is 0 Å². The predicted molar refractivity (Wildman–Crippen MR) is 77.0 cm³/mol. The number of aliphatic hydroxyl groups is 1. The van der Waals surface area contributed by atoms with Crippen LogP contribution in [0.15, 0.2) is 24.0 Å². The van der Waals surface area contributed by atoms with Gasteiger partial charge in [-0.05, 0) is 30.9 Å². The van der Waals surface area contributed by atoms with Gasteiger partial charge in [-0.15, -0.1) is 0 Å². The molecule has 0 saturated carbocycles. The Bertz CT molecular complexity index is 614. The summed E-state index contributed by atoms with van der Waals surface area (Å²) in [6.07, 6.45) is 0. The number of amides is 2. The van der Waals surface area contributed by atoms with Crippen molar-refractivity contribution in [3.63, 3.8) is 0 Å². The Kier molecular flexibility index (Phi) is 3.66. The zero-order valence-electron chi connectivity index (χ0n) is 12.2. The summed E-state index contributed by atoms with van der Waals surface area (Å²) in [5, 5.41) is 10.0. The van der Waals surface area contributed by atoms with Gasteiger partial charge in [-0.2, -0.15) is 0 Å². The molecule has 20 heavy (non-hydrogen) atoms. The predicted octanol–water partition coefficient (Wildman–Crippen LogP) is 2.60. The minimum atomic E-state index is -0.598. The number of hydrogen-bond acceptors (Lipinski definition) is 3. The van der Waals surface area contributed by atoms with Gasteiger partial charge in [0.25, 0.3) is 11.8 Å². The number of carbonyl (C=O) groups excluding carboxylic acids is 2. The molecule has 1 aliphatic heterocycles. The average molecular weight is 273 g/mol. The maximum atomic E-state index is 12.4. The van der Waals surface area contributed by atoms with Crippen molar-refractivity contribution in [2.45, 2.75) is 27.7 Å². The molecule has 106 valence electrons. The summed E-state index contributed by atoms with van der Waals surface area (Å²) in [6.45, 7) is 7.98. The van der Waals surface area contributed by atoms with Gasteiger partial charge in [0.05, 0.1) is 5.57 Å². The standard InChI is InChI=1S/C16H19NO3/c1-9(2)8-17-15(19)13(14(18)16(17)20)12-6-5-10(3)7-11(12)4/h5-7,9,18H,8H2,1-4H3. The molecule has 1 N–H and O–H groups in total. The van der Waals surface area contributed by atoms with Crippen LogP contribution in [0.1, 0.15) is 30.5 Å². The van der Waals surface area contributed by atoms with Crippen molar-refractivity contribution in [3.05, 3.63) is 40.6 Å². The Balaban J connectivity index is 2.46. The molecule has 4 nitrogen and oxygen atoms in total. The van der Waals surface area contributed by atoms with E-state index in [1.807, 2.05) is 39.8 Å². The molecule has 0 aliphatic carbocycles. The molecule has 0 atom stereocenters. The van der Waals surface area contributed by atoms with Gasteiger partial charge in [0.1, 0.15) is 0 Å². The van der Waals surface area contributed by atoms with Crippen LogP contribution in [-0.2, 0) is 9.59 Å². The van der Waals surface area contributed by atoms with E-state index < -0.39 is 17.6 Å². The summed E-state index contributed by atoms with van der Waals surface area (Å²) in [4.78, 5) is 25.5. The average Bonchev–Trinajstić information content (AvgIpc) is 2.55. The van der Waals surface area contributed by atoms with E-state index in [1.165, 1.54) is 0 Å². The van der Waals surface area contributed by atoms with Gasteiger partial charge in [-0.1, -0.05) is 37.6 Å². The summed E-state index contributed by atoms with van der Waals surface area (Å²) in [5.74, 6) is -1.29. The van der Waals surface area contributed by atoms with Crippen LogP contribution in [0.3, 0.4) is 0 Å². The minimum absolute atomic E-state index is 0.119. The van der Waals surface area contributed by atoms with Gasteiger partial charge < -0.3 is 5.11 Å². The third-order valence-corrected chi connectivity index (χ3v) is 3.34. The Hall–Kier alpha value is -2.10. The second-order valence-electron chi connectivity index (χ2n) is 5.66. The Morgan fingerprint density at radius 1 is 1.15 bits per heavy atom. The normalized spacial score (nSPS) is 15.8. The minimum Gasteiger partial charge on any atom is -0.502 e. The van der Waals surface area contributed by atoms with Gasteiger partial charge in [0.15, 0.2) is 5.76 Å². The Morgan fingerprint density at radius 2 is 1.80 bits per heavy atom. The van der Waals surface area contributed by atoms with Gasteiger partial charge >= 0.3 is 0 Å². The van der Waals surface area contributed by atoms with Gasteiger partial charge in [-0.3, -0.25) is 14.5 Å². The van der Waals surface area contributed by atoms with Gasteiger partial charge in [-0.25, -0.2) is 0 Å². The molecule has 0 fully saturated rings. The summed E-state index contributed by atoms with van der Waals surface area (Å²) in [5.41, 5.74) is 2.69. The molecule has 1 heterocycles. The fourth-order valence-electron chi connectivity index (χ4n) is 2.43. The van der Waals surface area contributed by atoms with Crippen molar-refractivity contribution in [2.75, 3.05) is 6.54 Å². The highest BCUT2D eigenvalue weighted by atomic mass is 16.3. The summed E-state index contributed by atoms with van der Waals surface area (Å²) >= 11 is 0. The smallest absolute Gasteiger partial charge is 0.296 e. The number of aryl methyl sites for hydroxylation is 2. The number of benzene rings is 1. The molecule has 0 aromatic heterocycles. The van der Waals surface area contributed by atoms with Crippen molar-refractivity contribution < 1.29 is 14.7 Å². The SMILES string of the molecule is Cc1ccc(C2=C(O)C(=O)N(CC(C)C)C2=O)c(C)c1. The van der Waals surface area contributed by atoms with E-state index in [9.17, 15) is 14.7 Å². The lowest BCUT2D eigenvalue weighted by Gasteiger charge is -2.17. The first kappa shape index (κ1) is 14.3. The van der Waals surface area contributed by atoms with E-state index in [0.29, 0.717) is 12.1 Å². The second kappa shape index (κ2) is 5.12. The van der Waals surface area contributed by atoms with E-state index in [1.54, 1.807) is 6.07 Å². The monoisotopic (exact) mass is 273 g/mol. The fourth-order valence-corrected chi connectivity index (χ4v) is 2.43. The number of imide groups is 1. The molecule has 2 rings (SSSR count). The highest BCUT2D eigenvalue weighted by Gasteiger charge is 2.39. The van der Waals surface area contributed by atoms with Crippen LogP contribution in [-0.4, -0.2) is 28.4 Å². The van der Waals surface area contributed by atoms with Crippen molar-refractivity contribution in [1.29, 1.82) is 0 Å². The van der Waals surface area contributed by atoms with Gasteiger partial charge in [0.2, 0.25) is 0 Å². The van der Waals surface area contributed by atoms with Crippen LogP contribution in [0.4, 0.5) is 0 Å². The van der Waals surface area contributed by atoms with Crippen molar-refractivity contribution in [1.82, 2.24) is 4.90 Å². The quantitative estimate of drug-likeness (QED) is 0.861. The topological polar surface area (TPSA) is 57.6 Å². The molecule has 1 aliphatic rings. The molecule has 2 amide bonds. The van der Waals surface area contributed by atoms with E-state index in [4.69, 9.17) is 0 Å². The van der Waals surface area contributed by atoms with Crippen LogP contribution in [0.5, 0.6) is 0 Å². The molecule has 4 heteroatoms. The molecule has 0 saturated heterocycles. The lowest BCUT2D eigenvalue weighted by molar-refractivity contribution is -0.138. The maximum Gasteiger partial charge on any atom is 0.296 e. The molecule has 1 aromatic carbocycles. The van der Waals surface area contributed by atoms with E-state index in [-0.39, 0.29) is 11.5 Å². The van der Waals surface area contributed by atoms with Crippen LogP contribution in [0.2, 0.25) is 0 Å². The molecule has 1 aromatic rings. The van der Waals surface area contributed by atoms with Crippen LogP contribution >= 0.6 is 0 Å². The van der Waals surface area contributed by atoms with E-state index in [2.05, 4.69) is 0 Å². The largest absolute Gasteiger partial charge is 0.502 e. The first-order chi connectivity index (χ1) is 9.32. The fraction of sp³-hybridized carbons (Fsp3) is 0.375. The zero-order chi connectivity index (χ0) is 15.0. The third kappa shape index (κ3) is 2.33. The Morgan fingerprint density at radius 3 is 2.35 bits per heavy atom. The zero-order valence-corrected chi connectivity index (χ0v) is 12.2. The lowest BCUT2D eigenvalue weighted by atomic mass is 9.98. The number of rotatable bonds is 3. The van der Waals surface area contributed by atoms with Crippen molar-refractivity contribution in [3.8, 4) is 0 Å². The second-order valence-corrected chi connectivity index (χ2v) is 5.66.